The van der Waals surface area contributed by atoms with Crippen molar-refractivity contribution in [1.29, 1.82) is 0 Å². The van der Waals surface area contributed by atoms with Gasteiger partial charge in [0.25, 0.3) is 0 Å². The van der Waals surface area contributed by atoms with Crippen LogP contribution in [0.2, 0.25) is 5.02 Å². The van der Waals surface area contributed by atoms with Gasteiger partial charge in [-0.15, -0.1) is 5.10 Å². The summed E-state index contributed by atoms with van der Waals surface area (Å²) in [5, 5.41) is 15.3. The molecule has 1 saturated carbocycles. The molecule has 0 amide bonds. The molecule has 0 atom stereocenters. The van der Waals surface area contributed by atoms with E-state index in [2.05, 4.69) is 25.8 Å². The maximum Gasteiger partial charge on any atom is 0.249 e. The molecule has 1 aliphatic rings. The molecule has 0 spiro atoms. The van der Waals surface area contributed by atoms with Gasteiger partial charge in [0.2, 0.25) is 5.95 Å². The summed E-state index contributed by atoms with van der Waals surface area (Å²) in [7, 11) is 0. The molecule has 110 valence electrons. The summed E-state index contributed by atoms with van der Waals surface area (Å²) in [6.07, 6.45) is 6.63. The lowest BCUT2D eigenvalue weighted by Crippen LogP contribution is -2.16. The Kier molecular flexibility index (Phi) is 4.20. The minimum Gasteiger partial charge on any atom is -0.366 e. The number of hydrogen-bond donors (Lipinski definition) is 2. The molecular formula is C15H18ClN5. The topological polar surface area (TPSA) is 62.7 Å². The lowest BCUT2D eigenvalue weighted by molar-refractivity contribution is 0.747. The third-order valence-electron chi connectivity index (χ3n) is 3.70. The fourth-order valence-electron chi connectivity index (χ4n) is 2.59. The molecule has 0 radical (unpaired) electrons. The number of halogens is 1. The highest BCUT2D eigenvalue weighted by molar-refractivity contribution is 6.30. The second kappa shape index (κ2) is 6.26. The highest BCUT2D eigenvalue weighted by Crippen LogP contribution is 2.23. The summed E-state index contributed by atoms with van der Waals surface area (Å²) >= 11 is 5.96. The number of nitrogens with zero attached hydrogens (tertiary/aromatic N) is 3. The first kappa shape index (κ1) is 14.1. The van der Waals surface area contributed by atoms with E-state index >= 15 is 0 Å². The van der Waals surface area contributed by atoms with Crippen LogP contribution >= 0.6 is 11.6 Å². The van der Waals surface area contributed by atoms with Crippen molar-refractivity contribution < 1.29 is 0 Å². The molecule has 2 N–H and O–H groups in total. The smallest absolute Gasteiger partial charge is 0.249 e. The first-order valence-electron chi connectivity index (χ1n) is 7.20. The second-order valence-corrected chi connectivity index (χ2v) is 5.81. The molecular weight excluding hydrogens is 286 g/mol. The van der Waals surface area contributed by atoms with Crippen LogP contribution in [0.4, 0.5) is 17.5 Å². The van der Waals surface area contributed by atoms with Crippen molar-refractivity contribution in [3.63, 3.8) is 0 Å². The van der Waals surface area contributed by atoms with E-state index in [0.717, 1.165) is 17.1 Å². The first-order chi connectivity index (χ1) is 10.2. The lowest BCUT2D eigenvalue weighted by Gasteiger charge is -2.13. The number of nitrogens with one attached hydrogen (secondary N) is 2. The van der Waals surface area contributed by atoms with Gasteiger partial charge in [0, 0.05) is 16.8 Å². The van der Waals surface area contributed by atoms with Gasteiger partial charge in [-0.3, -0.25) is 0 Å². The van der Waals surface area contributed by atoms with E-state index in [1.165, 1.54) is 25.7 Å². The van der Waals surface area contributed by atoms with E-state index in [1.54, 1.807) is 6.20 Å². The molecule has 1 fully saturated rings. The van der Waals surface area contributed by atoms with Crippen LogP contribution in [0.15, 0.2) is 24.4 Å². The predicted molar refractivity (Wildman–Crippen MR) is 85.2 cm³/mol. The van der Waals surface area contributed by atoms with Crippen molar-refractivity contribution in [2.75, 3.05) is 10.6 Å². The van der Waals surface area contributed by atoms with E-state index in [0.29, 0.717) is 17.0 Å². The summed E-state index contributed by atoms with van der Waals surface area (Å²) in [4.78, 5) is 4.47. The van der Waals surface area contributed by atoms with Gasteiger partial charge in [0.05, 0.1) is 6.20 Å². The molecule has 0 unspecified atom stereocenters. The molecule has 0 aliphatic heterocycles. The van der Waals surface area contributed by atoms with Crippen molar-refractivity contribution in [3.05, 3.63) is 35.0 Å². The predicted octanol–water partition coefficient (Wildman–Crippen LogP) is 3.93. The van der Waals surface area contributed by atoms with Crippen LogP contribution in [0.3, 0.4) is 0 Å². The zero-order valence-corrected chi connectivity index (χ0v) is 12.7. The van der Waals surface area contributed by atoms with E-state index in [1.807, 2.05) is 25.1 Å². The van der Waals surface area contributed by atoms with Crippen LogP contribution in [0.25, 0.3) is 0 Å². The SMILES string of the molecule is Cc1cc(Cl)ccc1Nc1nncc(NC2CCCC2)n1. The van der Waals surface area contributed by atoms with E-state index in [-0.39, 0.29) is 0 Å². The number of aromatic nitrogens is 3. The zero-order valence-electron chi connectivity index (χ0n) is 11.9. The van der Waals surface area contributed by atoms with Crippen molar-refractivity contribution in [2.45, 2.75) is 38.6 Å². The fraction of sp³-hybridized carbons (Fsp3) is 0.400. The Morgan fingerprint density at radius 1 is 1.24 bits per heavy atom. The summed E-state index contributed by atoms with van der Waals surface area (Å²) < 4.78 is 0. The third kappa shape index (κ3) is 3.61. The minimum atomic E-state index is 0.489. The molecule has 5 nitrogen and oxygen atoms in total. The summed E-state index contributed by atoms with van der Waals surface area (Å²) in [5.74, 6) is 1.26. The maximum absolute atomic E-state index is 5.96. The van der Waals surface area contributed by atoms with Crippen LogP contribution in [-0.2, 0) is 0 Å². The number of aryl methyl sites for hydroxylation is 1. The normalized spacial score (nSPS) is 15.1. The van der Waals surface area contributed by atoms with E-state index in [4.69, 9.17) is 11.6 Å². The summed E-state index contributed by atoms with van der Waals surface area (Å²) in [6, 6.07) is 6.16. The van der Waals surface area contributed by atoms with Gasteiger partial charge in [-0.05, 0) is 43.5 Å². The van der Waals surface area contributed by atoms with Gasteiger partial charge in [0.15, 0.2) is 5.82 Å². The second-order valence-electron chi connectivity index (χ2n) is 5.38. The average molecular weight is 304 g/mol. The van der Waals surface area contributed by atoms with Gasteiger partial charge in [-0.2, -0.15) is 10.1 Å². The molecule has 1 aromatic heterocycles. The molecule has 21 heavy (non-hydrogen) atoms. The van der Waals surface area contributed by atoms with Gasteiger partial charge < -0.3 is 10.6 Å². The molecule has 2 aromatic rings. The molecule has 1 aromatic carbocycles. The van der Waals surface area contributed by atoms with Crippen LogP contribution in [0, 0.1) is 6.92 Å². The van der Waals surface area contributed by atoms with Crippen LogP contribution in [-0.4, -0.2) is 21.2 Å². The van der Waals surface area contributed by atoms with E-state index in [9.17, 15) is 0 Å². The lowest BCUT2D eigenvalue weighted by atomic mass is 10.2. The molecule has 0 bridgehead atoms. The van der Waals surface area contributed by atoms with Crippen LogP contribution < -0.4 is 10.6 Å². The van der Waals surface area contributed by atoms with Crippen molar-refractivity contribution in [2.24, 2.45) is 0 Å². The summed E-state index contributed by atoms with van der Waals surface area (Å²) in [5.41, 5.74) is 1.97. The Hall–Kier alpha value is -1.88. The number of hydrogen-bond acceptors (Lipinski definition) is 5. The van der Waals surface area contributed by atoms with Crippen molar-refractivity contribution in [1.82, 2.24) is 15.2 Å². The highest BCUT2D eigenvalue weighted by atomic mass is 35.5. The van der Waals surface area contributed by atoms with E-state index < -0.39 is 0 Å². The molecule has 1 heterocycles. The molecule has 0 saturated heterocycles. The standard InChI is InChI=1S/C15H18ClN5/c1-10-8-11(16)6-7-13(10)19-15-20-14(9-17-21-15)18-12-4-2-3-5-12/h6-9,12H,2-5H2,1H3,(H2,18,19,20,21). The Labute approximate surface area is 129 Å². The van der Waals surface area contributed by atoms with Gasteiger partial charge in [-0.1, -0.05) is 24.4 Å². The fourth-order valence-corrected chi connectivity index (χ4v) is 2.82. The largest absolute Gasteiger partial charge is 0.366 e. The third-order valence-corrected chi connectivity index (χ3v) is 3.94. The Bertz CT molecular complexity index is 625. The Morgan fingerprint density at radius 3 is 2.81 bits per heavy atom. The maximum atomic E-state index is 5.96. The van der Waals surface area contributed by atoms with Gasteiger partial charge in [0.1, 0.15) is 0 Å². The quantitative estimate of drug-likeness (QED) is 0.896. The molecule has 6 heteroatoms. The van der Waals surface area contributed by atoms with Crippen LogP contribution in [0.5, 0.6) is 0 Å². The molecule has 3 rings (SSSR count). The number of rotatable bonds is 4. The Balaban J connectivity index is 1.73. The highest BCUT2D eigenvalue weighted by Gasteiger charge is 2.15. The minimum absolute atomic E-state index is 0.489. The first-order valence-corrected chi connectivity index (χ1v) is 7.58. The van der Waals surface area contributed by atoms with Crippen molar-refractivity contribution in [3.8, 4) is 0 Å². The molecule has 1 aliphatic carbocycles. The zero-order chi connectivity index (χ0) is 14.7. The van der Waals surface area contributed by atoms with Crippen molar-refractivity contribution >= 4 is 29.1 Å². The van der Waals surface area contributed by atoms with Gasteiger partial charge in [-0.25, -0.2) is 0 Å². The summed E-state index contributed by atoms with van der Waals surface area (Å²) in [6.45, 7) is 1.99. The average Bonchev–Trinajstić information content (AvgIpc) is 2.95. The number of anilines is 3. The monoisotopic (exact) mass is 303 g/mol. The van der Waals surface area contributed by atoms with Crippen LogP contribution in [0.1, 0.15) is 31.2 Å². The van der Waals surface area contributed by atoms with Gasteiger partial charge >= 0.3 is 0 Å². The Morgan fingerprint density at radius 2 is 2.05 bits per heavy atom. The number of benzene rings is 1.